The lowest BCUT2D eigenvalue weighted by molar-refractivity contribution is 0.0926. The standard InChI is InChI=1S/C22H29N3O3/c1-22(2,3)18-13-14(16-6-5-9-24-20(16)26)12-17(19(18)28-4)21(27)25-15-7-10-23-11-8-15/h5-6,9,12-13,15,23H,7-8,10-11H2,1-4H3,(H,24,26)(H,25,27). The van der Waals surface area contributed by atoms with E-state index in [1.54, 1.807) is 31.5 Å². The SMILES string of the molecule is COc1c(C(=O)NC2CCNCC2)cc(-c2ccc[nH]c2=O)cc1C(C)(C)C. The molecule has 3 rings (SSSR count). The summed E-state index contributed by atoms with van der Waals surface area (Å²) in [6.07, 6.45) is 3.40. The highest BCUT2D eigenvalue weighted by atomic mass is 16.5. The first-order chi connectivity index (χ1) is 13.3. The molecule has 150 valence electrons. The van der Waals surface area contributed by atoms with Crippen molar-refractivity contribution in [1.82, 2.24) is 15.6 Å². The Bertz CT molecular complexity index is 906. The van der Waals surface area contributed by atoms with Crippen molar-refractivity contribution in [3.63, 3.8) is 0 Å². The predicted molar refractivity (Wildman–Crippen MR) is 111 cm³/mol. The Labute approximate surface area is 165 Å². The van der Waals surface area contributed by atoms with Gasteiger partial charge in [-0.3, -0.25) is 9.59 Å². The van der Waals surface area contributed by atoms with Crippen molar-refractivity contribution in [2.75, 3.05) is 20.2 Å². The molecule has 0 spiro atoms. The first-order valence-electron chi connectivity index (χ1n) is 9.73. The number of hydrogen-bond acceptors (Lipinski definition) is 4. The third kappa shape index (κ3) is 4.28. The van der Waals surface area contributed by atoms with Gasteiger partial charge in [-0.25, -0.2) is 0 Å². The van der Waals surface area contributed by atoms with E-state index in [9.17, 15) is 9.59 Å². The second-order valence-electron chi connectivity index (χ2n) is 8.27. The molecule has 1 aliphatic heterocycles. The van der Waals surface area contributed by atoms with Crippen molar-refractivity contribution in [3.05, 3.63) is 51.9 Å². The molecular weight excluding hydrogens is 354 g/mol. The summed E-state index contributed by atoms with van der Waals surface area (Å²) in [7, 11) is 1.58. The smallest absolute Gasteiger partial charge is 0.255 e. The number of benzene rings is 1. The molecule has 2 heterocycles. The minimum absolute atomic E-state index is 0.139. The summed E-state index contributed by atoms with van der Waals surface area (Å²) in [4.78, 5) is 28.2. The van der Waals surface area contributed by atoms with Gasteiger partial charge in [-0.05, 0) is 61.2 Å². The van der Waals surface area contributed by atoms with Gasteiger partial charge in [-0.1, -0.05) is 20.8 Å². The van der Waals surface area contributed by atoms with E-state index in [4.69, 9.17) is 4.74 Å². The van der Waals surface area contributed by atoms with Gasteiger partial charge in [-0.2, -0.15) is 0 Å². The molecule has 0 saturated carbocycles. The van der Waals surface area contributed by atoms with E-state index in [1.165, 1.54) is 0 Å². The monoisotopic (exact) mass is 383 g/mol. The van der Waals surface area contributed by atoms with E-state index in [-0.39, 0.29) is 22.9 Å². The van der Waals surface area contributed by atoms with Gasteiger partial charge in [0.05, 0.1) is 12.7 Å². The zero-order valence-electron chi connectivity index (χ0n) is 17.0. The molecule has 1 fully saturated rings. The zero-order valence-corrected chi connectivity index (χ0v) is 17.0. The minimum Gasteiger partial charge on any atom is -0.496 e. The molecule has 0 radical (unpaired) electrons. The molecule has 1 amide bonds. The van der Waals surface area contributed by atoms with Crippen LogP contribution in [0.5, 0.6) is 5.75 Å². The number of aromatic amines is 1. The fourth-order valence-electron chi connectivity index (χ4n) is 3.61. The molecule has 1 saturated heterocycles. The average Bonchev–Trinajstić information content (AvgIpc) is 2.67. The number of piperidine rings is 1. The van der Waals surface area contributed by atoms with Crippen molar-refractivity contribution in [3.8, 4) is 16.9 Å². The topological polar surface area (TPSA) is 83.2 Å². The van der Waals surface area contributed by atoms with E-state index in [0.717, 1.165) is 31.5 Å². The van der Waals surface area contributed by atoms with Crippen LogP contribution < -0.4 is 20.9 Å². The van der Waals surface area contributed by atoms with Gasteiger partial charge in [0.2, 0.25) is 0 Å². The number of nitrogens with one attached hydrogen (secondary N) is 3. The maximum Gasteiger partial charge on any atom is 0.255 e. The fraction of sp³-hybridized carbons (Fsp3) is 0.455. The highest BCUT2D eigenvalue weighted by Crippen LogP contribution is 2.37. The number of carbonyl (C=O) groups is 1. The van der Waals surface area contributed by atoms with Crippen LogP contribution in [0.25, 0.3) is 11.1 Å². The quantitative estimate of drug-likeness (QED) is 0.758. The molecule has 6 heteroatoms. The van der Waals surface area contributed by atoms with Crippen molar-refractivity contribution in [2.24, 2.45) is 0 Å². The average molecular weight is 383 g/mol. The Morgan fingerprint density at radius 1 is 1.21 bits per heavy atom. The van der Waals surface area contributed by atoms with Crippen molar-refractivity contribution < 1.29 is 9.53 Å². The highest BCUT2D eigenvalue weighted by molar-refractivity contribution is 5.99. The van der Waals surface area contributed by atoms with Gasteiger partial charge in [0.1, 0.15) is 5.75 Å². The van der Waals surface area contributed by atoms with Crippen molar-refractivity contribution in [2.45, 2.75) is 45.1 Å². The van der Waals surface area contributed by atoms with Gasteiger partial charge in [-0.15, -0.1) is 0 Å². The maximum atomic E-state index is 13.1. The second kappa shape index (κ2) is 8.19. The fourth-order valence-corrected chi connectivity index (χ4v) is 3.61. The maximum absolute atomic E-state index is 13.1. The number of aromatic nitrogens is 1. The Morgan fingerprint density at radius 2 is 1.93 bits per heavy atom. The molecule has 2 aromatic rings. The summed E-state index contributed by atoms with van der Waals surface area (Å²) < 4.78 is 5.68. The van der Waals surface area contributed by atoms with Gasteiger partial charge >= 0.3 is 0 Å². The lowest BCUT2D eigenvalue weighted by atomic mass is 9.83. The number of methoxy groups -OCH3 is 1. The van der Waals surface area contributed by atoms with Gasteiger partial charge in [0.25, 0.3) is 11.5 Å². The number of ether oxygens (including phenoxy) is 1. The number of H-pyrrole nitrogens is 1. The van der Waals surface area contributed by atoms with Crippen LogP contribution in [0, 0.1) is 0 Å². The van der Waals surface area contributed by atoms with Crippen LogP contribution in [0.4, 0.5) is 0 Å². The van der Waals surface area contributed by atoms with Crippen molar-refractivity contribution >= 4 is 5.91 Å². The van der Waals surface area contributed by atoms with Crippen LogP contribution >= 0.6 is 0 Å². The Balaban J connectivity index is 2.11. The number of pyridine rings is 1. The summed E-state index contributed by atoms with van der Waals surface area (Å²) in [5.41, 5.74) is 2.16. The molecule has 1 aromatic carbocycles. The molecule has 28 heavy (non-hydrogen) atoms. The van der Waals surface area contributed by atoms with Crippen molar-refractivity contribution in [1.29, 1.82) is 0 Å². The summed E-state index contributed by atoms with van der Waals surface area (Å²) >= 11 is 0. The third-order valence-corrected chi connectivity index (χ3v) is 5.15. The van der Waals surface area contributed by atoms with Crippen LogP contribution in [0.2, 0.25) is 0 Å². The largest absolute Gasteiger partial charge is 0.496 e. The van der Waals surface area contributed by atoms with E-state index in [1.807, 2.05) is 6.07 Å². The Kier molecular flexibility index (Phi) is 5.89. The molecule has 3 N–H and O–H groups in total. The van der Waals surface area contributed by atoms with Gasteiger partial charge in [0.15, 0.2) is 0 Å². The summed E-state index contributed by atoms with van der Waals surface area (Å²) in [6, 6.07) is 7.40. The summed E-state index contributed by atoms with van der Waals surface area (Å²) in [5.74, 6) is 0.401. The van der Waals surface area contributed by atoms with E-state index < -0.39 is 0 Å². The van der Waals surface area contributed by atoms with E-state index >= 15 is 0 Å². The van der Waals surface area contributed by atoms with Gasteiger partial charge in [0, 0.05) is 23.4 Å². The molecule has 1 aromatic heterocycles. The number of rotatable bonds is 4. The third-order valence-electron chi connectivity index (χ3n) is 5.15. The summed E-state index contributed by atoms with van der Waals surface area (Å²) in [6.45, 7) is 8.00. The first kappa shape index (κ1) is 20.1. The number of amides is 1. The highest BCUT2D eigenvalue weighted by Gasteiger charge is 2.27. The molecule has 0 aliphatic carbocycles. The predicted octanol–water partition coefficient (Wildman–Crippen LogP) is 2.83. The molecule has 6 nitrogen and oxygen atoms in total. The van der Waals surface area contributed by atoms with E-state index in [2.05, 4.69) is 36.4 Å². The molecular formula is C22H29N3O3. The zero-order chi connectivity index (χ0) is 20.3. The van der Waals surface area contributed by atoms with Crippen LogP contribution in [-0.2, 0) is 5.41 Å². The molecule has 0 atom stereocenters. The molecule has 0 unspecified atom stereocenters. The molecule has 0 bridgehead atoms. The van der Waals surface area contributed by atoms with Crippen LogP contribution in [0.15, 0.2) is 35.3 Å². The number of carbonyl (C=O) groups excluding carboxylic acids is 1. The Morgan fingerprint density at radius 3 is 2.54 bits per heavy atom. The molecule has 1 aliphatic rings. The summed E-state index contributed by atoms with van der Waals surface area (Å²) in [5, 5.41) is 6.44. The first-order valence-corrected chi connectivity index (χ1v) is 9.73. The van der Waals surface area contributed by atoms with Gasteiger partial charge < -0.3 is 20.4 Å². The lowest BCUT2D eigenvalue weighted by Crippen LogP contribution is -2.42. The normalized spacial score (nSPS) is 15.3. The number of hydrogen-bond donors (Lipinski definition) is 3. The Hall–Kier alpha value is -2.60. The lowest BCUT2D eigenvalue weighted by Gasteiger charge is -2.27. The minimum atomic E-state index is -0.257. The second-order valence-corrected chi connectivity index (χ2v) is 8.27. The van der Waals surface area contributed by atoms with Crippen LogP contribution in [-0.4, -0.2) is 37.1 Å². The van der Waals surface area contributed by atoms with Crippen LogP contribution in [0.1, 0.15) is 49.5 Å². The van der Waals surface area contributed by atoms with E-state index in [0.29, 0.717) is 22.4 Å². The van der Waals surface area contributed by atoms with Crippen LogP contribution in [0.3, 0.4) is 0 Å².